The van der Waals surface area contributed by atoms with Gasteiger partial charge in [-0.3, -0.25) is 0 Å². The van der Waals surface area contributed by atoms with Crippen LogP contribution in [-0.2, 0) is 0 Å². The Balaban J connectivity index is 2.76. The molecule has 1 saturated carbocycles. The first kappa shape index (κ1) is 11.7. The maximum Gasteiger partial charge on any atom is 0.233 e. The molecule has 0 N–H and O–H groups in total. The van der Waals surface area contributed by atoms with Crippen LogP contribution in [0.5, 0.6) is 0 Å². The van der Waals surface area contributed by atoms with E-state index >= 15 is 0 Å². The second-order valence-corrected chi connectivity index (χ2v) is 4.61. The zero-order valence-electron chi connectivity index (χ0n) is 9.66. The molecule has 0 atom stereocenters. The van der Waals surface area contributed by atoms with E-state index in [0.29, 0.717) is 23.0 Å². The van der Waals surface area contributed by atoms with E-state index in [-0.39, 0.29) is 5.15 Å². The highest BCUT2D eigenvalue weighted by molar-refractivity contribution is 6.31. The van der Waals surface area contributed by atoms with Crippen molar-refractivity contribution in [3.63, 3.8) is 0 Å². The number of halogens is 1. The first-order chi connectivity index (χ1) is 8.10. The van der Waals surface area contributed by atoms with Gasteiger partial charge in [0, 0.05) is 14.1 Å². The highest BCUT2D eigenvalue weighted by Crippen LogP contribution is 2.49. The minimum atomic E-state index is 0.200. The fourth-order valence-electron chi connectivity index (χ4n) is 1.85. The molecule has 86 valence electrons. The van der Waals surface area contributed by atoms with Gasteiger partial charge in [-0.1, -0.05) is 11.6 Å². The highest BCUT2D eigenvalue weighted by atomic mass is 35.5. The summed E-state index contributed by atoms with van der Waals surface area (Å²) in [5.74, 6) is 0.846. The lowest BCUT2D eigenvalue weighted by Gasteiger charge is -2.17. The first-order valence-corrected chi connectivity index (χ1v) is 5.66. The topological polar surface area (TPSA) is 44.3 Å². The van der Waals surface area contributed by atoms with Gasteiger partial charge in [0.1, 0.15) is 17.0 Å². The number of rotatable bonds is 2. The lowest BCUT2D eigenvalue weighted by Crippen LogP contribution is -2.12. The summed E-state index contributed by atoms with van der Waals surface area (Å²) in [5.41, 5.74) is 1.62. The zero-order valence-corrected chi connectivity index (χ0v) is 10.4. The Kier molecular flexibility index (Phi) is 2.92. The molecule has 0 spiro atoms. The Bertz CT molecular complexity index is 547. The minimum Gasteiger partial charge on any atom is -0.371 e. The molecular formula is C12H11ClN4. The third-order valence-electron chi connectivity index (χ3n) is 2.78. The molecule has 0 unspecified atom stereocenters. The van der Waals surface area contributed by atoms with Gasteiger partial charge in [0.15, 0.2) is 0 Å². The van der Waals surface area contributed by atoms with Gasteiger partial charge in [-0.25, -0.2) is 9.83 Å². The Morgan fingerprint density at radius 3 is 2.59 bits per heavy atom. The van der Waals surface area contributed by atoms with Gasteiger partial charge in [0.2, 0.25) is 5.69 Å². The lowest BCUT2D eigenvalue weighted by molar-refractivity contribution is 1.04. The monoisotopic (exact) mass is 246 g/mol. The van der Waals surface area contributed by atoms with Gasteiger partial charge in [0.05, 0.1) is 12.1 Å². The van der Waals surface area contributed by atoms with E-state index in [9.17, 15) is 0 Å². The average Bonchev–Trinajstić information content (AvgIpc) is 3.11. The van der Waals surface area contributed by atoms with E-state index in [1.54, 1.807) is 4.90 Å². The number of pyridine rings is 1. The van der Waals surface area contributed by atoms with Crippen LogP contribution in [0.25, 0.3) is 4.85 Å². The largest absolute Gasteiger partial charge is 0.371 e. The number of nitrogens with zero attached hydrogens (tertiary/aromatic N) is 4. The number of nitriles is 1. The van der Waals surface area contributed by atoms with Crippen molar-refractivity contribution in [3.8, 4) is 6.07 Å². The number of anilines is 1. The number of aromatic nitrogens is 1. The maximum atomic E-state index is 9.13. The second-order valence-electron chi connectivity index (χ2n) is 4.26. The Morgan fingerprint density at radius 1 is 1.53 bits per heavy atom. The summed E-state index contributed by atoms with van der Waals surface area (Å²) < 4.78 is 0. The van der Waals surface area contributed by atoms with Crippen molar-refractivity contribution in [2.24, 2.45) is 0 Å². The number of hydrogen-bond acceptors (Lipinski definition) is 3. The molecular weight excluding hydrogens is 236 g/mol. The van der Waals surface area contributed by atoms with Crippen LogP contribution >= 0.6 is 11.6 Å². The second kappa shape index (κ2) is 4.24. The van der Waals surface area contributed by atoms with Crippen LogP contribution in [-0.4, -0.2) is 19.1 Å². The van der Waals surface area contributed by atoms with Crippen molar-refractivity contribution in [3.05, 3.63) is 27.7 Å². The molecule has 1 aliphatic carbocycles. The summed E-state index contributed by atoms with van der Waals surface area (Å²) in [7, 11) is 3.63. The smallest absolute Gasteiger partial charge is 0.233 e. The predicted octanol–water partition coefficient (Wildman–Crippen LogP) is 3.10. The van der Waals surface area contributed by atoms with Gasteiger partial charge in [0.25, 0.3) is 0 Å². The van der Waals surface area contributed by atoms with Gasteiger partial charge in [-0.05, 0) is 24.3 Å². The molecule has 1 aromatic heterocycles. The van der Waals surface area contributed by atoms with Crippen molar-refractivity contribution < 1.29 is 0 Å². The van der Waals surface area contributed by atoms with Crippen LogP contribution in [0.2, 0.25) is 5.15 Å². The molecule has 17 heavy (non-hydrogen) atoms. The first-order valence-electron chi connectivity index (χ1n) is 5.28. The van der Waals surface area contributed by atoms with Gasteiger partial charge in [-0.2, -0.15) is 5.26 Å². The molecule has 1 aliphatic rings. The highest BCUT2D eigenvalue weighted by Gasteiger charge is 2.32. The quantitative estimate of drug-likeness (QED) is 0.595. The summed E-state index contributed by atoms with van der Waals surface area (Å²) in [6.45, 7) is 7.29. The van der Waals surface area contributed by atoms with E-state index < -0.39 is 0 Å². The van der Waals surface area contributed by atoms with Crippen LogP contribution < -0.4 is 4.90 Å². The summed E-state index contributed by atoms with van der Waals surface area (Å²) in [4.78, 5) is 9.44. The molecule has 0 aliphatic heterocycles. The summed E-state index contributed by atoms with van der Waals surface area (Å²) in [6.07, 6.45) is 2.04. The van der Waals surface area contributed by atoms with Crippen molar-refractivity contribution in [2.75, 3.05) is 19.0 Å². The minimum absolute atomic E-state index is 0.200. The van der Waals surface area contributed by atoms with Crippen LogP contribution in [0.15, 0.2) is 0 Å². The normalized spacial score (nSPS) is 13.9. The molecule has 1 heterocycles. The molecule has 2 rings (SSSR count). The van der Waals surface area contributed by atoms with Crippen LogP contribution in [0, 0.1) is 17.9 Å². The Hall–Kier alpha value is -1.78. The van der Waals surface area contributed by atoms with Crippen LogP contribution in [0.3, 0.4) is 0 Å². The van der Waals surface area contributed by atoms with Gasteiger partial charge < -0.3 is 4.90 Å². The third-order valence-corrected chi connectivity index (χ3v) is 3.05. The van der Waals surface area contributed by atoms with Gasteiger partial charge >= 0.3 is 0 Å². The molecule has 0 radical (unpaired) electrons. The van der Waals surface area contributed by atoms with Gasteiger partial charge in [-0.15, -0.1) is 0 Å². The lowest BCUT2D eigenvalue weighted by atomic mass is 10.0. The fraction of sp³-hybridized carbons (Fsp3) is 0.417. The van der Waals surface area contributed by atoms with E-state index in [0.717, 1.165) is 18.4 Å². The van der Waals surface area contributed by atoms with Crippen molar-refractivity contribution in [2.45, 2.75) is 18.8 Å². The molecule has 1 fully saturated rings. The molecule has 0 bridgehead atoms. The van der Waals surface area contributed by atoms with Crippen molar-refractivity contribution in [1.82, 2.24) is 4.98 Å². The molecule has 0 amide bonds. The molecule has 0 aromatic carbocycles. The zero-order chi connectivity index (χ0) is 12.6. The van der Waals surface area contributed by atoms with Crippen molar-refractivity contribution in [1.29, 1.82) is 5.26 Å². The summed E-state index contributed by atoms with van der Waals surface area (Å²) in [6, 6.07) is 2.07. The average molecular weight is 247 g/mol. The number of hydrogen-bond donors (Lipinski definition) is 0. The Morgan fingerprint density at radius 2 is 2.18 bits per heavy atom. The standard InChI is InChI=1S/C12H11ClN4/c1-15-10-9(7-4-5-7)8(6-14)11(13)16-12(10)17(2)3/h7H,4-5H2,2-3H3. The van der Waals surface area contributed by atoms with Crippen LogP contribution in [0.4, 0.5) is 11.5 Å². The van der Waals surface area contributed by atoms with Crippen molar-refractivity contribution >= 4 is 23.1 Å². The molecule has 1 aromatic rings. The van der Waals surface area contributed by atoms with E-state index in [1.807, 2.05) is 14.1 Å². The van der Waals surface area contributed by atoms with E-state index in [2.05, 4.69) is 15.9 Å². The van der Waals surface area contributed by atoms with Crippen LogP contribution in [0.1, 0.15) is 29.9 Å². The summed E-state index contributed by atoms with van der Waals surface area (Å²) in [5, 5.41) is 9.33. The van der Waals surface area contributed by atoms with E-state index in [4.69, 9.17) is 23.4 Å². The molecule has 5 heteroatoms. The molecule has 4 nitrogen and oxygen atoms in total. The predicted molar refractivity (Wildman–Crippen MR) is 66.5 cm³/mol. The van der Waals surface area contributed by atoms with E-state index in [1.165, 1.54) is 0 Å². The third kappa shape index (κ3) is 1.92. The SMILES string of the molecule is [C-]#[N+]c1c(N(C)C)nc(Cl)c(C#N)c1C1CC1. The fourth-order valence-corrected chi connectivity index (χ4v) is 2.07. The summed E-state index contributed by atoms with van der Waals surface area (Å²) >= 11 is 6.02. The maximum absolute atomic E-state index is 9.13. The Labute approximate surface area is 105 Å². The molecule has 0 saturated heterocycles.